The third kappa shape index (κ3) is 3.02. The van der Waals surface area contributed by atoms with Crippen molar-refractivity contribution in [2.75, 3.05) is 26.3 Å². The molecule has 1 aromatic carbocycles. The van der Waals surface area contributed by atoms with Crippen molar-refractivity contribution < 1.29 is 19.1 Å². The van der Waals surface area contributed by atoms with Crippen LogP contribution in [0.5, 0.6) is 11.5 Å². The molecule has 0 aromatic heterocycles. The average Bonchev–Trinajstić information content (AvgIpc) is 3.04. The van der Waals surface area contributed by atoms with Crippen LogP contribution in [0.1, 0.15) is 18.9 Å². The molecule has 1 atom stereocenters. The van der Waals surface area contributed by atoms with Crippen LogP contribution in [0.3, 0.4) is 0 Å². The largest absolute Gasteiger partial charge is 0.490 e. The van der Waals surface area contributed by atoms with Gasteiger partial charge in [-0.1, -0.05) is 12.1 Å². The standard InChI is InChI=1S/C17H20N2O4/c1-2-22-14-5-3-4-11-8-13(10-23-15(11)14)17(21)19-7-6-12(9-19)16(18)20/h3-5,8,12H,2,6-7,9-10H2,1H3,(H2,18,20)/t12-/m0/s1. The predicted octanol–water partition coefficient (Wildman–Crippen LogP) is 1.19. The minimum atomic E-state index is -0.346. The van der Waals surface area contributed by atoms with Gasteiger partial charge in [0.05, 0.1) is 18.1 Å². The van der Waals surface area contributed by atoms with Gasteiger partial charge in [-0.3, -0.25) is 9.59 Å². The van der Waals surface area contributed by atoms with E-state index in [-0.39, 0.29) is 24.3 Å². The van der Waals surface area contributed by atoms with E-state index in [1.54, 1.807) is 4.90 Å². The number of hydrogen-bond donors (Lipinski definition) is 1. The minimum Gasteiger partial charge on any atom is -0.490 e. The first kappa shape index (κ1) is 15.4. The smallest absolute Gasteiger partial charge is 0.253 e. The Morgan fingerprint density at radius 1 is 1.43 bits per heavy atom. The number of benzene rings is 1. The van der Waals surface area contributed by atoms with Crippen LogP contribution in [0.2, 0.25) is 0 Å². The normalized spacial score (nSPS) is 19.6. The molecule has 23 heavy (non-hydrogen) atoms. The molecule has 1 fully saturated rings. The SMILES string of the molecule is CCOc1cccc2c1OCC(C(=O)N1CC[C@H](C(N)=O)C1)=C2. The quantitative estimate of drug-likeness (QED) is 0.905. The number of para-hydroxylation sites is 1. The molecule has 0 spiro atoms. The lowest BCUT2D eigenvalue weighted by molar-refractivity contribution is -0.127. The van der Waals surface area contributed by atoms with Gasteiger partial charge in [0, 0.05) is 18.7 Å². The second-order valence-electron chi connectivity index (χ2n) is 5.70. The third-order valence-electron chi connectivity index (χ3n) is 4.16. The molecule has 0 aliphatic carbocycles. The van der Waals surface area contributed by atoms with Crippen molar-refractivity contribution in [2.45, 2.75) is 13.3 Å². The van der Waals surface area contributed by atoms with E-state index in [0.717, 1.165) is 5.56 Å². The van der Waals surface area contributed by atoms with Crippen LogP contribution >= 0.6 is 0 Å². The van der Waals surface area contributed by atoms with E-state index in [0.29, 0.717) is 43.2 Å². The number of hydrogen-bond acceptors (Lipinski definition) is 4. The molecule has 1 saturated heterocycles. The molecule has 0 saturated carbocycles. The van der Waals surface area contributed by atoms with Crippen LogP contribution in [0.15, 0.2) is 23.8 Å². The first-order valence-electron chi connectivity index (χ1n) is 7.78. The van der Waals surface area contributed by atoms with Gasteiger partial charge < -0.3 is 20.1 Å². The first-order valence-corrected chi connectivity index (χ1v) is 7.78. The monoisotopic (exact) mass is 316 g/mol. The highest BCUT2D eigenvalue weighted by molar-refractivity contribution is 5.99. The number of carbonyl (C=O) groups excluding carboxylic acids is 2. The maximum atomic E-state index is 12.6. The summed E-state index contributed by atoms with van der Waals surface area (Å²) in [6.45, 7) is 3.60. The Bertz CT molecular complexity index is 669. The summed E-state index contributed by atoms with van der Waals surface area (Å²) < 4.78 is 11.3. The van der Waals surface area contributed by atoms with Crippen molar-refractivity contribution in [3.05, 3.63) is 29.3 Å². The molecule has 0 unspecified atom stereocenters. The van der Waals surface area contributed by atoms with E-state index in [1.807, 2.05) is 31.2 Å². The Kier molecular flexibility index (Phi) is 4.23. The highest BCUT2D eigenvalue weighted by atomic mass is 16.5. The fraction of sp³-hybridized carbons (Fsp3) is 0.412. The number of nitrogens with zero attached hydrogens (tertiary/aromatic N) is 1. The van der Waals surface area contributed by atoms with Gasteiger partial charge in [-0.25, -0.2) is 0 Å². The summed E-state index contributed by atoms with van der Waals surface area (Å²) >= 11 is 0. The molecule has 0 radical (unpaired) electrons. The number of ether oxygens (including phenoxy) is 2. The second-order valence-corrected chi connectivity index (χ2v) is 5.70. The lowest BCUT2D eigenvalue weighted by atomic mass is 10.1. The number of primary amides is 1. The van der Waals surface area contributed by atoms with Gasteiger partial charge in [0.1, 0.15) is 6.61 Å². The van der Waals surface area contributed by atoms with Gasteiger partial charge in [0.2, 0.25) is 5.91 Å². The van der Waals surface area contributed by atoms with Gasteiger partial charge >= 0.3 is 0 Å². The van der Waals surface area contributed by atoms with Gasteiger partial charge in [-0.05, 0) is 25.5 Å². The highest BCUT2D eigenvalue weighted by Gasteiger charge is 2.32. The zero-order valence-electron chi connectivity index (χ0n) is 13.1. The Morgan fingerprint density at radius 2 is 2.26 bits per heavy atom. The van der Waals surface area contributed by atoms with E-state index in [2.05, 4.69) is 0 Å². The van der Waals surface area contributed by atoms with E-state index in [9.17, 15) is 9.59 Å². The number of likely N-dealkylation sites (tertiary alicyclic amines) is 1. The van der Waals surface area contributed by atoms with Crippen LogP contribution in [0.25, 0.3) is 6.08 Å². The molecule has 2 amide bonds. The molecular formula is C17H20N2O4. The summed E-state index contributed by atoms with van der Waals surface area (Å²) in [5.74, 6) is 0.660. The Morgan fingerprint density at radius 3 is 2.96 bits per heavy atom. The predicted molar refractivity (Wildman–Crippen MR) is 85.0 cm³/mol. The summed E-state index contributed by atoms with van der Waals surface area (Å²) in [7, 11) is 0. The summed E-state index contributed by atoms with van der Waals surface area (Å²) in [5.41, 5.74) is 6.73. The summed E-state index contributed by atoms with van der Waals surface area (Å²) in [6, 6.07) is 5.61. The van der Waals surface area contributed by atoms with Crippen LogP contribution in [0, 0.1) is 5.92 Å². The summed E-state index contributed by atoms with van der Waals surface area (Å²) in [5, 5.41) is 0. The van der Waals surface area contributed by atoms with E-state index in [4.69, 9.17) is 15.2 Å². The summed E-state index contributed by atoms with van der Waals surface area (Å²) in [4.78, 5) is 25.5. The van der Waals surface area contributed by atoms with Gasteiger partial charge in [-0.15, -0.1) is 0 Å². The molecular weight excluding hydrogens is 296 g/mol. The second kappa shape index (κ2) is 6.32. The number of fused-ring (bicyclic) bond motifs is 1. The lowest BCUT2D eigenvalue weighted by Gasteiger charge is -2.23. The lowest BCUT2D eigenvalue weighted by Crippen LogP contribution is -2.34. The Balaban J connectivity index is 1.79. The number of carbonyl (C=O) groups is 2. The number of rotatable bonds is 4. The van der Waals surface area contributed by atoms with E-state index in [1.165, 1.54) is 0 Å². The van der Waals surface area contributed by atoms with Crippen molar-refractivity contribution in [2.24, 2.45) is 11.7 Å². The van der Waals surface area contributed by atoms with Crippen molar-refractivity contribution in [3.63, 3.8) is 0 Å². The fourth-order valence-corrected chi connectivity index (χ4v) is 2.95. The molecule has 0 bridgehead atoms. The van der Waals surface area contributed by atoms with Gasteiger partial charge in [0.15, 0.2) is 11.5 Å². The maximum Gasteiger partial charge on any atom is 0.253 e. The molecule has 2 heterocycles. The Hall–Kier alpha value is -2.50. The number of nitrogens with two attached hydrogens (primary N) is 1. The van der Waals surface area contributed by atoms with Crippen molar-refractivity contribution in [1.29, 1.82) is 0 Å². The molecule has 6 heteroatoms. The molecule has 2 aliphatic rings. The Labute approximate surface area is 134 Å². The zero-order chi connectivity index (χ0) is 16.4. The van der Waals surface area contributed by atoms with Gasteiger partial charge in [0.25, 0.3) is 5.91 Å². The van der Waals surface area contributed by atoms with Gasteiger partial charge in [-0.2, -0.15) is 0 Å². The van der Waals surface area contributed by atoms with E-state index >= 15 is 0 Å². The van der Waals surface area contributed by atoms with Crippen LogP contribution in [-0.4, -0.2) is 43.0 Å². The molecule has 2 N–H and O–H groups in total. The average molecular weight is 316 g/mol. The van der Waals surface area contributed by atoms with Crippen molar-refractivity contribution >= 4 is 17.9 Å². The first-order chi connectivity index (χ1) is 11.1. The minimum absolute atomic E-state index is 0.0961. The third-order valence-corrected chi connectivity index (χ3v) is 4.16. The maximum absolute atomic E-state index is 12.6. The summed E-state index contributed by atoms with van der Waals surface area (Å²) in [6.07, 6.45) is 2.46. The molecule has 122 valence electrons. The molecule has 3 rings (SSSR count). The van der Waals surface area contributed by atoms with E-state index < -0.39 is 0 Å². The topological polar surface area (TPSA) is 81.9 Å². The highest BCUT2D eigenvalue weighted by Crippen LogP contribution is 2.36. The fourth-order valence-electron chi connectivity index (χ4n) is 2.95. The molecule has 2 aliphatic heterocycles. The van der Waals surface area contributed by atoms with Crippen LogP contribution < -0.4 is 15.2 Å². The van der Waals surface area contributed by atoms with Crippen molar-refractivity contribution in [1.82, 2.24) is 4.90 Å². The molecule has 1 aromatic rings. The number of amides is 2. The van der Waals surface area contributed by atoms with Crippen LogP contribution in [-0.2, 0) is 9.59 Å². The zero-order valence-corrected chi connectivity index (χ0v) is 13.1. The van der Waals surface area contributed by atoms with Crippen molar-refractivity contribution in [3.8, 4) is 11.5 Å². The molecule has 6 nitrogen and oxygen atoms in total. The van der Waals surface area contributed by atoms with Crippen LogP contribution in [0.4, 0.5) is 0 Å².